The van der Waals surface area contributed by atoms with Crippen LogP contribution in [-0.2, 0) is 14.9 Å². The molecule has 2 aromatic carbocycles. The van der Waals surface area contributed by atoms with Gasteiger partial charge in [-0.1, -0.05) is 51.5 Å². The Balaban J connectivity index is 2.02. The van der Waals surface area contributed by atoms with Crippen LogP contribution < -0.4 is 9.91 Å². The quantitative estimate of drug-likeness (QED) is 0.0955. The summed E-state index contributed by atoms with van der Waals surface area (Å²) in [7, 11) is 0. The van der Waals surface area contributed by atoms with Crippen LogP contribution in [-0.4, -0.2) is 49.4 Å². The summed E-state index contributed by atoms with van der Waals surface area (Å²) in [6.07, 6.45) is 7.26. The van der Waals surface area contributed by atoms with Gasteiger partial charge in [-0.2, -0.15) is 0 Å². The summed E-state index contributed by atoms with van der Waals surface area (Å²) in [5, 5.41) is 6.10. The SMILES string of the molecule is CCCCN1/C(=C/C=C(C)/C(=N\N(C=O)c2ccc(C(=O)OCC)cc2)N(CC)CC)C(C)(C)c2ccccc21. The maximum absolute atomic E-state index is 12.2. The van der Waals surface area contributed by atoms with Crippen molar-refractivity contribution in [1.82, 2.24) is 4.90 Å². The second kappa shape index (κ2) is 14.0. The molecule has 0 saturated heterocycles. The smallest absolute Gasteiger partial charge is 0.338 e. The van der Waals surface area contributed by atoms with Gasteiger partial charge in [0.2, 0.25) is 6.41 Å². The van der Waals surface area contributed by atoms with Gasteiger partial charge in [-0.25, -0.2) is 9.80 Å². The molecule has 0 saturated carbocycles. The number of hydrogen-bond donors (Lipinski definition) is 0. The number of hydrogen-bond acceptors (Lipinski definition) is 5. The molecule has 1 aliphatic rings. The lowest BCUT2D eigenvalue weighted by atomic mass is 9.83. The lowest BCUT2D eigenvalue weighted by Gasteiger charge is -2.28. The molecule has 0 atom stereocenters. The van der Waals surface area contributed by atoms with E-state index in [-0.39, 0.29) is 5.41 Å². The number of likely N-dealkylation sites (N-methyl/N-ethyl adjacent to an activating group) is 1. The number of nitrogens with zero attached hydrogens (tertiary/aromatic N) is 4. The molecule has 214 valence electrons. The number of carbonyl (C=O) groups is 2. The summed E-state index contributed by atoms with van der Waals surface area (Å²) in [6.45, 7) is 17.5. The molecule has 7 nitrogen and oxygen atoms in total. The van der Waals surface area contributed by atoms with Crippen molar-refractivity contribution in [2.75, 3.05) is 36.1 Å². The van der Waals surface area contributed by atoms with E-state index in [2.05, 4.69) is 80.8 Å². The summed E-state index contributed by atoms with van der Waals surface area (Å²) >= 11 is 0. The largest absolute Gasteiger partial charge is 0.462 e. The van der Waals surface area contributed by atoms with Gasteiger partial charge in [-0.3, -0.25) is 4.79 Å². The Morgan fingerprint density at radius 3 is 2.30 bits per heavy atom. The number of benzene rings is 2. The number of carbonyl (C=O) groups excluding carboxylic acids is 2. The first kappa shape index (κ1) is 30.7. The van der Waals surface area contributed by atoms with Crippen LogP contribution in [0.15, 0.2) is 77.1 Å². The van der Waals surface area contributed by atoms with Crippen molar-refractivity contribution in [1.29, 1.82) is 0 Å². The second-order valence-corrected chi connectivity index (χ2v) is 10.4. The highest BCUT2D eigenvalue weighted by Crippen LogP contribution is 2.47. The van der Waals surface area contributed by atoms with Crippen LogP contribution >= 0.6 is 0 Å². The van der Waals surface area contributed by atoms with Crippen LogP contribution in [0.4, 0.5) is 11.4 Å². The Kier molecular flexibility index (Phi) is 10.7. The molecular weight excluding hydrogens is 500 g/mol. The first-order valence-corrected chi connectivity index (χ1v) is 14.3. The molecular formula is C33H44N4O3. The van der Waals surface area contributed by atoms with Gasteiger partial charge in [-0.15, -0.1) is 5.10 Å². The fourth-order valence-electron chi connectivity index (χ4n) is 5.10. The number of amidine groups is 1. The zero-order chi connectivity index (χ0) is 29.3. The topological polar surface area (TPSA) is 65.4 Å². The van der Waals surface area contributed by atoms with Crippen molar-refractivity contribution in [2.45, 2.75) is 66.7 Å². The number of rotatable bonds is 12. The second-order valence-electron chi connectivity index (χ2n) is 10.4. The molecule has 0 fully saturated rings. The van der Waals surface area contributed by atoms with E-state index < -0.39 is 5.97 Å². The molecule has 1 amide bonds. The number of esters is 1. The molecule has 0 aromatic heterocycles. The molecule has 1 heterocycles. The third kappa shape index (κ3) is 6.64. The number of fused-ring (bicyclic) bond motifs is 1. The van der Waals surface area contributed by atoms with E-state index in [1.54, 1.807) is 31.2 Å². The molecule has 2 aromatic rings. The van der Waals surface area contributed by atoms with E-state index in [1.165, 1.54) is 22.0 Å². The number of ether oxygens (including phenoxy) is 1. The lowest BCUT2D eigenvalue weighted by molar-refractivity contribution is -0.107. The molecule has 0 unspecified atom stereocenters. The van der Waals surface area contributed by atoms with Crippen molar-refractivity contribution in [3.63, 3.8) is 0 Å². The number of anilines is 2. The minimum Gasteiger partial charge on any atom is -0.462 e. The number of allylic oxidation sites excluding steroid dienone is 3. The highest BCUT2D eigenvalue weighted by molar-refractivity contribution is 6.00. The van der Waals surface area contributed by atoms with Crippen LogP contribution in [0.3, 0.4) is 0 Å². The fourth-order valence-corrected chi connectivity index (χ4v) is 5.10. The van der Waals surface area contributed by atoms with Crippen molar-refractivity contribution in [3.05, 3.63) is 83.1 Å². The molecule has 0 spiro atoms. The maximum Gasteiger partial charge on any atom is 0.338 e. The van der Waals surface area contributed by atoms with E-state index in [4.69, 9.17) is 9.84 Å². The molecule has 0 bridgehead atoms. The molecule has 1 aliphatic heterocycles. The van der Waals surface area contributed by atoms with E-state index in [0.717, 1.165) is 43.9 Å². The van der Waals surface area contributed by atoms with Crippen LogP contribution in [0.1, 0.15) is 77.2 Å². The minimum absolute atomic E-state index is 0.136. The van der Waals surface area contributed by atoms with Gasteiger partial charge in [0.15, 0.2) is 5.84 Å². The molecule has 3 rings (SSSR count). The zero-order valence-corrected chi connectivity index (χ0v) is 25.1. The Morgan fingerprint density at radius 2 is 1.70 bits per heavy atom. The normalized spacial score (nSPS) is 15.7. The molecule has 0 aliphatic carbocycles. The van der Waals surface area contributed by atoms with Crippen LogP contribution in [0, 0.1) is 0 Å². The lowest BCUT2D eigenvalue weighted by Crippen LogP contribution is -2.34. The first-order valence-electron chi connectivity index (χ1n) is 14.3. The Hall–Kier alpha value is -3.87. The predicted octanol–water partition coefficient (Wildman–Crippen LogP) is 6.91. The average molecular weight is 545 g/mol. The summed E-state index contributed by atoms with van der Waals surface area (Å²) in [6, 6.07) is 15.4. The summed E-state index contributed by atoms with van der Waals surface area (Å²) in [5.74, 6) is 0.327. The summed E-state index contributed by atoms with van der Waals surface area (Å²) < 4.78 is 5.07. The number of para-hydroxylation sites is 1. The summed E-state index contributed by atoms with van der Waals surface area (Å²) in [5.41, 5.74) is 5.67. The van der Waals surface area contributed by atoms with Crippen LogP contribution in [0.25, 0.3) is 0 Å². The first-order chi connectivity index (χ1) is 19.2. The van der Waals surface area contributed by atoms with Crippen molar-refractivity contribution in [3.8, 4) is 0 Å². The van der Waals surface area contributed by atoms with Crippen LogP contribution in [0.2, 0.25) is 0 Å². The summed E-state index contributed by atoms with van der Waals surface area (Å²) in [4.78, 5) is 28.8. The van der Waals surface area contributed by atoms with E-state index in [0.29, 0.717) is 24.3 Å². The van der Waals surface area contributed by atoms with Gasteiger partial charge in [0, 0.05) is 36.4 Å². The Labute approximate surface area is 239 Å². The predicted molar refractivity (Wildman–Crippen MR) is 165 cm³/mol. The molecule has 0 N–H and O–H groups in total. The third-order valence-electron chi connectivity index (χ3n) is 7.39. The van der Waals surface area contributed by atoms with E-state index >= 15 is 0 Å². The number of unbranched alkanes of at least 4 members (excludes halogenated alkanes) is 1. The number of hydrazone groups is 1. The minimum atomic E-state index is -0.393. The van der Waals surface area contributed by atoms with E-state index in [9.17, 15) is 9.59 Å². The standard InChI is InChI=1S/C33H44N4O3/c1-8-12-23-36-29-16-14-13-15-28(29)33(6,7)30(36)22-17-25(5)31(35(9-2)10-3)34-37(24-38)27-20-18-26(19-21-27)32(39)40-11-4/h13-22,24H,8-12,23H2,1-7H3/b25-17+,30-22+,34-31+. The third-order valence-corrected chi connectivity index (χ3v) is 7.39. The van der Waals surface area contributed by atoms with Crippen molar-refractivity contribution >= 4 is 29.6 Å². The van der Waals surface area contributed by atoms with Gasteiger partial charge >= 0.3 is 5.97 Å². The highest BCUT2D eigenvalue weighted by Gasteiger charge is 2.39. The van der Waals surface area contributed by atoms with E-state index in [1.807, 2.05) is 6.92 Å². The monoisotopic (exact) mass is 544 g/mol. The fraction of sp³-hybridized carbons (Fsp3) is 0.424. The van der Waals surface area contributed by atoms with Gasteiger partial charge < -0.3 is 14.5 Å². The van der Waals surface area contributed by atoms with Gasteiger partial charge in [0.25, 0.3) is 0 Å². The van der Waals surface area contributed by atoms with Crippen LogP contribution in [0.5, 0.6) is 0 Å². The van der Waals surface area contributed by atoms with Gasteiger partial charge in [0.1, 0.15) is 0 Å². The molecule has 0 radical (unpaired) electrons. The van der Waals surface area contributed by atoms with Gasteiger partial charge in [0.05, 0.1) is 17.9 Å². The average Bonchev–Trinajstić information content (AvgIpc) is 3.18. The van der Waals surface area contributed by atoms with Crippen molar-refractivity contribution in [2.24, 2.45) is 5.10 Å². The Morgan fingerprint density at radius 1 is 1.02 bits per heavy atom. The van der Waals surface area contributed by atoms with Crippen molar-refractivity contribution < 1.29 is 14.3 Å². The molecule has 7 heteroatoms. The molecule has 40 heavy (non-hydrogen) atoms. The number of amides is 1. The zero-order valence-electron chi connectivity index (χ0n) is 25.1. The Bertz CT molecular complexity index is 1260. The highest BCUT2D eigenvalue weighted by atomic mass is 16.5. The maximum atomic E-state index is 12.2. The van der Waals surface area contributed by atoms with Gasteiger partial charge in [-0.05, 0) is 81.7 Å².